The Morgan fingerprint density at radius 3 is 2.95 bits per heavy atom. The van der Waals surface area contributed by atoms with E-state index in [0.717, 1.165) is 38.4 Å². The maximum Gasteiger partial charge on any atom is 0.222 e. The van der Waals surface area contributed by atoms with Gasteiger partial charge >= 0.3 is 0 Å². The summed E-state index contributed by atoms with van der Waals surface area (Å²) in [5.74, 6) is 1.29. The molecule has 1 atom stereocenters. The molecule has 2 saturated heterocycles. The van der Waals surface area contributed by atoms with Crippen molar-refractivity contribution < 1.29 is 9.90 Å². The molecule has 6 heteroatoms. The smallest absolute Gasteiger partial charge is 0.222 e. The Morgan fingerprint density at radius 1 is 1.36 bits per heavy atom. The first-order valence-corrected chi connectivity index (χ1v) is 8.19. The van der Waals surface area contributed by atoms with Crippen molar-refractivity contribution in [3.8, 4) is 0 Å². The number of nitrogens with zero attached hydrogens (tertiary/aromatic N) is 4. The molecular formula is C16H26N4O2. The lowest BCUT2D eigenvalue weighted by Gasteiger charge is -2.48. The van der Waals surface area contributed by atoms with Crippen LogP contribution >= 0.6 is 0 Å². The Labute approximate surface area is 131 Å². The third-order valence-corrected chi connectivity index (χ3v) is 5.14. The number of imidazole rings is 1. The summed E-state index contributed by atoms with van der Waals surface area (Å²) in [4.78, 5) is 20.7. The van der Waals surface area contributed by atoms with E-state index in [1.54, 1.807) is 0 Å². The van der Waals surface area contributed by atoms with Gasteiger partial charge in [0.25, 0.3) is 0 Å². The molecule has 1 spiro atoms. The minimum Gasteiger partial charge on any atom is -0.395 e. The number of hydrogen-bond acceptors (Lipinski definition) is 4. The molecule has 0 radical (unpaired) electrons. The number of hydrogen-bond donors (Lipinski definition) is 1. The van der Waals surface area contributed by atoms with Crippen molar-refractivity contribution in [1.29, 1.82) is 0 Å². The highest BCUT2D eigenvalue weighted by atomic mass is 16.3. The molecule has 0 saturated carbocycles. The first-order chi connectivity index (χ1) is 10.6. The molecule has 1 N–H and O–H groups in total. The molecule has 0 aliphatic carbocycles. The van der Waals surface area contributed by atoms with Gasteiger partial charge in [0.05, 0.1) is 13.2 Å². The number of β-amino-alcohol motifs (C(OH)–C–C–N with tert-alkyl or cyclic N) is 1. The van der Waals surface area contributed by atoms with Crippen LogP contribution in [0.15, 0.2) is 12.4 Å². The Morgan fingerprint density at radius 2 is 2.23 bits per heavy atom. The standard InChI is InChI=1S/C16H26N4O2/c1-18-8-6-17-14(18)11-19-7-2-4-16(12-19)5-3-15(22)20(13-16)9-10-21/h6,8,21H,2-5,7,9-13H2,1H3/t16-/m1/s1. The van der Waals surface area contributed by atoms with Crippen LogP contribution in [0.1, 0.15) is 31.5 Å². The van der Waals surface area contributed by atoms with Gasteiger partial charge in [-0.05, 0) is 25.8 Å². The van der Waals surface area contributed by atoms with Gasteiger partial charge in [-0.15, -0.1) is 0 Å². The van der Waals surface area contributed by atoms with Gasteiger partial charge in [-0.25, -0.2) is 4.98 Å². The molecule has 0 unspecified atom stereocenters. The first kappa shape index (κ1) is 15.5. The van der Waals surface area contributed by atoms with Gasteiger partial charge in [0, 0.05) is 50.9 Å². The quantitative estimate of drug-likeness (QED) is 0.886. The van der Waals surface area contributed by atoms with Crippen LogP contribution in [-0.2, 0) is 18.4 Å². The van der Waals surface area contributed by atoms with Crippen molar-refractivity contribution in [3.63, 3.8) is 0 Å². The van der Waals surface area contributed by atoms with Crippen LogP contribution in [0.4, 0.5) is 0 Å². The minimum absolute atomic E-state index is 0.0544. The molecule has 3 rings (SSSR count). The summed E-state index contributed by atoms with van der Waals surface area (Å²) in [6.45, 7) is 4.32. The number of aliphatic hydroxyl groups excluding tert-OH is 1. The fourth-order valence-corrected chi connectivity index (χ4v) is 3.95. The van der Waals surface area contributed by atoms with E-state index >= 15 is 0 Å². The molecule has 2 fully saturated rings. The number of aliphatic hydroxyl groups is 1. The van der Waals surface area contributed by atoms with Gasteiger partial charge in [-0.2, -0.15) is 0 Å². The number of aryl methyl sites for hydroxylation is 1. The van der Waals surface area contributed by atoms with E-state index in [1.165, 1.54) is 12.8 Å². The number of aromatic nitrogens is 2. The van der Waals surface area contributed by atoms with Crippen molar-refractivity contribution in [2.75, 3.05) is 32.8 Å². The first-order valence-electron chi connectivity index (χ1n) is 8.19. The zero-order valence-corrected chi connectivity index (χ0v) is 13.4. The largest absolute Gasteiger partial charge is 0.395 e. The Kier molecular flexibility index (Phi) is 4.49. The van der Waals surface area contributed by atoms with E-state index in [9.17, 15) is 4.79 Å². The average Bonchev–Trinajstić information content (AvgIpc) is 2.89. The van der Waals surface area contributed by atoms with Gasteiger partial charge in [0.15, 0.2) is 0 Å². The summed E-state index contributed by atoms with van der Waals surface area (Å²) in [7, 11) is 2.03. The van der Waals surface area contributed by atoms with Crippen molar-refractivity contribution in [3.05, 3.63) is 18.2 Å². The highest BCUT2D eigenvalue weighted by Crippen LogP contribution is 2.39. The fourth-order valence-electron chi connectivity index (χ4n) is 3.95. The van der Waals surface area contributed by atoms with E-state index in [1.807, 2.05) is 24.3 Å². The van der Waals surface area contributed by atoms with E-state index < -0.39 is 0 Å². The molecule has 22 heavy (non-hydrogen) atoms. The highest BCUT2D eigenvalue weighted by Gasteiger charge is 2.41. The average molecular weight is 306 g/mol. The normalized spacial score (nSPS) is 26.8. The molecular weight excluding hydrogens is 280 g/mol. The number of carbonyl (C=O) groups excluding carboxylic acids is 1. The van der Waals surface area contributed by atoms with E-state index in [2.05, 4.69) is 14.5 Å². The van der Waals surface area contributed by atoms with Gasteiger partial charge in [0.1, 0.15) is 5.82 Å². The van der Waals surface area contributed by atoms with Gasteiger partial charge in [-0.1, -0.05) is 0 Å². The van der Waals surface area contributed by atoms with Crippen molar-refractivity contribution in [2.24, 2.45) is 12.5 Å². The molecule has 2 aliphatic heterocycles. The zero-order chi connectivity index (χ0) is 15.6. The molecule has 1 amide bonds. The maximum absolute atomic E-state index is 12.0. The van der Waals surface area contributed by atoms with Crippen molar-refractivity contribution in [2.45, 2.75) is 32.2 Å². The number of likely N-dealkylation sites (tertiary alicyclic amines) is 2. The van der Waals surface area contributed by atoms with Crippen LogP contribution in [0.5, 0.6) is 0 Å². The van der Waals surface area contributed by atoms with Crippen LogP contribution in [-0.4, -0.2) is 63.2 Å². The number of carbonyl (C=O) groups is 1. The van der Waals surface area contributed by atoms with Crippen LogP contribution in [0.2, 0.25) is 0 Å². The third kappa shape index (κ3) is 3.17. The second-order valence-corrected chi connectivity index (χ2v) is 6.81. The van der Waals surface area contributed by atoms with Gasteiger partial charge in [-0.3, -0.25) is 9.69 Å². The number of piperidine rings is 2. The zero-order valence-electron chi connectivity index (χ0n) is 13.4. The fraction of sp³-hybridized carbons (Fsp3) is 0.750. The summed E-state index contributed by atoms with van der Waals surface area (Å²) >= 11 is 0. The van der Waals surface area contributed by atoms with Crippen LogP contribution in [0.3, 0.4) is 0 Å². The van der Waals surface area contributed by atoms with Crippen molar-refractivity contribution >= 4 is 5.91 Å². The second kappa shape index (κ2) is 6.38. The lowest BCUT2D eigenvalue weighted by Crippen LogP contribution is -2.54. The summed E-state index contributed by atoms with van der Waals surface area (Å²) in [6, 6.07) is 0. The maximum atomic E-state index is 12.0. The van der Waals surface area contributed by atoms with E-state index in [0.29, 0.717) is 13.0 Å². The van der Waals surface area contributed by atoms with E-state index in [-0.39, 0.29) is 17.9 Å². The molecule has 1 aromatic rings. The minimum atomic E-state index is 0.0544. The lowest BCUT2D eigenvalue weighted by molar-refractivity contribution is -0.140. The van der Waals surface area contributed by atoms with E-state index in [4.69, 9.17) is 5.11 Å². The van der Waals surface area contributed by atoms with Crippen LogP contribution < -0.4 is 0 Å². The molecule has 6 nitrogen and oxygen atoms in total. The summed E-state index contributed by atoms with van der Waals surface area (Å²) < 4.78 is 2.07. The number of rotatable bonds is 4. The molecule has 3 heterocycles. The number of amides is 1. The van der Waals surface area contributed by atoms with Crippen LogP contribution in [0.25, 0.3) is 0 Å². The predicted molar refractivity (Wildman–Crippen MR) is 83.1 cm³/mol. The second-order valence-electron chi connectivity index (χ2n) is 6.81. The summed E-state index contributed by atoms with van der Waals surface area (Å²) in [5.41, 5.74) is 0.201. The Balaban J connectivity index is 1.66. The predicted octanol–water partition coefficient (Wildman–Crippen LogP) is 0.617. The monoisotopic (exact) mass is 306 g/mol. The molecule has 122 valence electrons. The van der Waals surface area contributed by atoms with Gasteiger partial charge in [0.2, 0.25) is 5.91 Å². The Hall–Kier alpha value is -1.40. The topological polar surface area (TPSA) is 61.6 Å². The SMILES string of the molecule is Cn1ccnc1CN1CCC[C@@]2(CCC(=O)N(CCO)C2)C1. The van der Waals surface area contributed by atoms with Crippen molar-refractivity contribution in [1.82, 2.24) is 19.4 Å². The van der Waals surface area contributed by atoms with Gasteiger partial charge < -0.3 is 14.6 Å². The van der Waals surface area contributed by atoms with Crippen LogP contribution in [0, 0.1) is 5.41 Å². The molecule has 0 bridgehead atoms. The Bertz CT molecular complexity index is 530. The summed E-state index contributed by atoms with van der Waals surface area (Å²) in [6.07, 6.45) is 7.78. The molecule has 1 aromatic heterocycles. The third-order valence-electron chi connectivity index (χ3n) is 5.14. The summed E-state index contributed by atoms with van der Waals surface area (Å²) in [5, 5.41) is 9.16. The molecule has 2 aliphatic rings. The highest BCUT2D eigenvalue weighted by molar-refractivity contribution is 5.77. The lowest BCUT2D eigenvalue weighted by atomic mass is 9.73. The molecule has 0 aromatic carbocycles.